The molecule has 10 heteroatoms. The Bertz CT molecular complexity index is 1280. The molecule has 3 aromatic rings. The van der Waals surface area contributed by atoms with Gasteiger partial charge in [-0.3, -0.25) is 14.3 Å². The molecule has 2 heterocycles. The smallest absolute Gasteiger partial charge is 0.289 e. The van der Waals surface area contributed by atoms with Crippen LogP contribution in [0.3, 0.4) is 0 Å². The van der Waals surface area contributed by atoms with Crippen molar-refractivity contribution in [1.82, 2.24) is 34.8 Å². The number of hydrogen-bond acceptors (Lipinski definition) is 8. The molecule has 4 rings (SSSR count). The highest BCUT2D eigenvalue weighted by molar-refractivity contribution is 5.92. The van der Waals surface area contributed by atoms with E-state index in [1.54, 1.807) is 10.6 Å². The van der Waals surface area contributed by atoms with Crippen LogP contribution in [0.15, 0.2) is 36.4 Å². The van der Waals surface area contributed by atoms with E-state index < -0.39 is 0 Å². The van der Waals surface area contributed by atoms with Gasteiger partial charge in [-0.15, -0.1) is 10.2 Å². The first kappa shape index (κ1) is 29.5. The first-order valence-electron chi connectivity index (χ1n) is 14.2. The molecule has 1 fully saturated rings. The Balaban J connectivity index is 1.68. The molecule has 0 spiro atoms. The number of carbonyl (C=O) groups excluding carboxylic acids is 1. The summed E-state index contributed by atoms with van der Waals surface area (Å²) in [5.74, 6) is 0.0444. The number of amides is 1. The Kier molecular flexibility index (Phi) is 9.78. The van der Waals surface area contributed by atoms with Crippen LogP contribution in [0, 0.1) is 0 Å². The van der Waals surface area contributed by atoms with Crippen LogP contribution in [0.1, 0.15) is 55.4 Å². The fourth-order valence-electron chi connectivity index (χ4n) is 5.05. The number of phenols is 2. The summed E-state index contributed by atoms with van der Waals surface area (Å²) in [7, 11) is 2.15. The molecule has 0 saturated carbocycles. The first-order valence-corrected chi connectivity index (χ1v) is 14.2. The van der Waals surface area contributed by atoms with Crippen LogP contribution < -0.4 is 5.32 Å². The predicted molar refractivity (Wildman–Crippen MR) is 157 cm³/mol. The second-order valence-electron chi connectivity index (χ2n) is 10.8. The van der Waals surface area contributed by atoms with E-state index in [-0.39, 0.29) is 29.1 Å². The molecule has 1 aromatic heterocycles. The molecular formula is C30H43N7O3. The Morgan fingerprint density at radius 1 is 1.00 bits per heavy atom. The van der Waals surface area contributed by atoms with Gasteiger partial charge in [0, 0.05) is 57.6 Å². The highest BCUT2D eigenvalue weighted by atomic mass is 16.3. The SMILES string of the molecule is CCN(CC)CCNC(=O)c1nnc(-c2cc(C(C)C)c(O)cc2O)n1-c1ccc(CN2CCN(C)CC2)cc1. The van der Waals surface area contributed by atoms with Gasteiger partial charge in [0.05, 0.1) is 5.56 Å². The van der Waals surface area contributed by atoms with Gasteiger partial charge in [-0.2, -0.15) is 0 Å². The second kappa shape index (κ2) is 13.3. The lowest BCUT2D eigenvalue weighted by molar-refractivity contribution is 0.0936. The minimum Gasteiger partial charge on any atom is -0.508 e. The first-order chi connectivity index (χ1) is 19.2. The van der Waals surface area contributed by atoms with Gasteiger partial charge in [-0.1, -0.05) is 39.8 Å². The van der Waals surface area contributed by atoms with Crippen molar-refractivity contribution in [3.05, 3.63) is 53.3 Å². The highest BCUT2D eigenvalue weighted by Crippen LogP contribution is 2.38. The van der Waals surface area contributed by atoms with Crippen molar-refractivity contribution in [2.75, 3.05) is 59.4 Å². The third-order valence-corrected chi connectivity index (χ3v) is 7.68. The molecule has 40 heavy (non-hydrogen) atoms. The molecule has 216 valence electrons. The van der Waals surface area contributed by atoms with Crippen molar-refractivity contribution in [2.45, 2.75) is 40.2 Å². The number of aromatic hydroxyl groups is 2. The van der Waals surface area contributed by atoms with E-state index in [9.17, 15) is 15.0 Å². The lowest BCUT2D eigenvalue weighted by Crippen LogP contribution is -2.43. The van der Waals surface area contributed by atoms with Crippen LogP contribution in [-0.4, -0.2) is 105 Å². The van der Waals surface area contributed by atoms with E-state index in [0.29, 0.717) is 23.5 Å². The molecule has 0 radical (unpaired) electrons. The molecule has 1 aliphatic heterocycles. The van der Waals surface area contributed by atoms with Crippen molar-refractivity contribution in [1.29, 1.82) is 0 Å². The lowest BCUT2D eigenvalue weighted by Gasteiger charge is -2.32. The summed E-state index contributed by atoms with van der Waals surface area (Å²) >= 11 is 0. The number of likely N-dealkylation sites (N-methyl/N-ethyl adjacent to an activating group) is 2. The number of benzene rings is 2. The molecule has 0 unspecified atom stereocenters. The summed E-state index contributed by atoms with van der Waals surface area (Å²) in [5, 5.41) is 32.8. The zero-order valence-electron chi connectivity index (χ0n) is 24.4. The third-order valence-electron chi connectivity index (χ3n) is 7.68. The van der Waals surface area contributed by atoms with Crippen LogP contribution in [0.4, 0.5) is 0 Å². The molecule has 10 nitrogen and oxygen atoms in total. The van der Waals surface area contributed by atoms with Crippen molar-refractivity contribution >= 4 is 5.91 Å². The molecule has 1 aliphatic rings. The summed E-state index contributed by atoms with van der Waals surface area (Å²) in [5.41, 5.74) is 2.98. The van der Waals surface area contributed by atoms with Crippen LogP contribution >= 0.6 is 0 Å². The third kappa shape index (κ3) is 6.80. The van der Waals surface area contributed by atoms with Gasteiger partial charge in [0.2, 0.25) is 5.82 Å². The van der Waals surface area contributed by atoms with Gasteiger partial charge in [0.25, 0.3) is 5.91 Å². The number of phenolic OH excluding ortho intramolecular Hbond substituents is 2. The van der Waals surface area contributed by atoms with Crippen molar-refractivity contribution < 1.29 is 15.0 Å². The fraction of sp³-hybridized carbons (Fsp3) is 0.500. The Hall–Kier alpha value is -3.47. The molecular weight excluding hydrogens is 506 g/mol. The molecule has 0 bridgehead atoms. The molecule has 0 aliphatic carbocycles. The van der Waals surface area contributed by atoms with Crippen molar-refractivity contribution in [2.24, 2.45) is 0 Å². The van der Waals surface area contributed by atoms with Gasteiger partial charge in [-0.05, 0) is 55.4 Å². The van der Waals surface area contributed by atoms with Crippen LogP contribution in [-0.2, 0) is 6.54 Å². The Labute approximate surface area is 237 Å². The van der Waals surface area contributed by atoms with Gasteiger partial charge in [-0.25, -0.2) is 0 Å². The van der Waals surface area contributed by atoms with E-state index >= 15 is 0 Å². The number of rotatable bonds is 11. The van der Waals surface area contributed by atoms with Crippen LogP contribution in [0.25, 0.3) is 17.1 Å². The van der Waals surface area contributed by atoms with Crippen LogP contribution in [0.5, 0.6) is 11.5 Å². The lowest BCUT2D eigenvalue weighted by atomic mass is 9.98. The molecule has 1 saturated heterocycles. The van der Waals surface area contributed by atoms with E-state index in [2.05, 4.69) is 63.2 Å². The number of piperazine rings is 1. The zero-order valence-corrected chi connectivity index (χ0v) is 24.4. The van der Waals surface area contributed by atoms with Crippen molar-refractivity contribution in [3.63, 3.8) is 0 Å². The van der Waals surface area contributed by atoms with E-state index in [0.717, 1.165) is 58.0 Å². The molecule has 1 amide bonds. The van der Waals surface area contributed by atoms with E-state index in [1.165, 1.54) is 11.6 Å². The summed E-state index contributed by atoms with van der Waals surface area (Å²) in [6, 6.07) is 11.1. The minimum absolute atomic E-state index is 0.0185. The maximum Gasteiger partial charge on any atom is 0.289 e. The fourth-order valence-corrected chi connectivity index (χ4v) is 5.05. The highest BCUT2D eigenvalue weighted by Gasteiger charge is 2.24. The summed E-state index contributed by atoms with van der Waals surface area (Å²) in [6.07, 6.45) is 0. The number of nitrogens with zero attached hydrogens (tertiary/aromatic N) is 6. The van der Waals surface area contributed by atoms with E-state index in [4.69, 9.17) is 0 Å². The quantitative estimate of drug-likeness (QED) is 0.334. The summed E-state index contributed by atoms with van der Waals surface area (Å²) in [6.45, 7) is 16.2. The van der Waals surface area contributed by atoms with Crippen LogP contribution in [0.2, 0.25) is 0 Å². The van der Waals surface area contributed by atoms with Crippen molar-refractivity contribution in [3.8, 4) is 28.6 Å². The monoisotopic (exact) mass is 549 g/mol. The average molecular weight is 550 g/mol. The van der Waals surface area contributed by atoms with Gasteiger partial charge < -0.3 is 25.3 Å². The van der Waals surface area contributed by atoms with Gasteiger partial charge in [0.1, 0.15) is 11.5 Å². The topological polar surface area (TPSA) is 110 Å². The number of hydrogen-bond donors (Lipinski definition) is 3. The van der Waals surface area contributed by atoms with Gasteiger partial charge >= 0.3 is 0 Å². The number of aromatic nitrogens is 3. The normalized spacial score (nSPS) is 14.8. The maximum absolute atomic E-state index is 13.3. The summed E-state index contributed by atoms with van der Waals surface area (Å²) < 4.78 is 1.68. The Morgan fingerprint density at radius 2 is 1.68 bits per heavy atom. The molecule has 2 aromatic carbocycles. The molecule has 3 N–H and O–H groups in total. The van der Waals surface area contributed by atoms with Gasteiger partial charge in [0.15, 0.2) is 5.82 Å². The standard InChI is InChI=1S/C30H43N7O3/c1-6-35(7-2)13-12-31-30(40)29-33-32-28(25-18-24(21(3)4)26(38)19-27(25)39)37(29)23-10-8-22(9-11-23)20-36-16-14-34(5)15-17-36/h8-11,18-19,21,38-39H,6-7,12-17,20H2,1-5H3,(H,31,40). The average Bonchev–Trinajstić information content (AvgIpc) is 3.37. The summed E-state index contributed by atoms with van der Waals surface area (Å²) in [4.78, 5) is 20.4. The van der Waals surface area contributed by atoms with E-state index in [1.807, 2.05) is 26.0 Å². The number of nitrogens with one attached hydrogen (secondary N) is 1. The Morgan fingerprint density at radius 3 is 2.30 bits per heavy atom. The predicted octanol–water partition coefficient (Wildman–Crippen LogP) is 3.29. The maximum atomic E-state index is 13.3. The minimum atomic E-state index is -0.338. The number of carbonyl (C=O) groups is 1. The zero-order chi connectivity index (χ0) is 28.8. The largest absolute Gasteiger partial charge is 0.508 e. The second-order valence-corrected chi connectivity index (χ2v) is 10.8. The molecule has 0 atom stereocenters.